The molecule has 1 aromatic carbocycles. The summed E-state index contributed by atoms with van der Waals surface area (Å²) in [5.41, 5.74) is 3.55. The molecule has 0 aliphatic heterocycles. The molecule has 1 aliphatic rings. The maximum atomic E-state index is 13.0. The molecule has 1 atom stereocenters. The molecule has 0 fully saturated rings. The highest BCUT2D eigenvalue weighted by Gasteiger charge is 2.31. The third kappa shape index (κ3) is 4.13. The summed E-state index contributed by atoms with van der Waals surface area (Å²) in [6.45, 7) is 1.91. The third-order valence-electron chi connectivity index (χ3n) is 5.84. The molecular formula is C24H21F3N4OS. The smallest absolute Gasteiger partial charge is 0.416 e. The minimum atomic E-state index is -4.34. The SMILES string of the molecule is COc1nc(-c2nc3c(s2)CCC[C@H]3c2ccc(C(F)(F)F)cc2)ccc1-n1cnc(C)c1. The van der Waals surface area contributed by atoms with E-state index in [-0.39, 0.29) is 5.92 Å². The lowest BCUT2D eigenvalue weighted by atomic mass is 9.85. The summed E-state index contributed by atoms with van der Waals surface area (Å²) in [4.78, 5) is 15.0. The number of rotatable bonds is 4. The number of aromatic nitrogens is 4. The van der Waals surface area contributed by atoms with Gasteiger partial charge < -0.3 is 9.30 Å². The number of benzene rings is 1. The van der Waals surface area contributed by atoms with Crippen molar-refractivity contribution >= 4 is 11.3 Å². The molecule has 0 saturated carbocycles. The number of halogens is 3. The zero-order valence-electron chi connectivity index (χ0n) is 18.1. The molecule has 5 nitrogen and oxygen atoms in total. The van der Waals surface area contributed by atoms with Crippen LogP contribution in [-0.2, 0) is 12.6 Å². The Hall–Kier alpha value is -3.20. The highest BCUT2D eigenvalue weighted by atomic mass is 32.1. The van der Waals surface area contributed by atoms with Gasteiger partial charge in [0.05, 0.1) is 30.4 Å². The number of hydrogen-bond donors (Lipinski definition) is 0. The Morgan fingerprint density at radius 2 is 1.88 bits per heavy atom. The van der Waals surface area contributed by atoms with Gasteiger partial charge in [0, 0.05) is 17.0 Å². The average molecular weight is 471 g/mol. The predicted molar refractivity (Wildman–Crippen MR) is 120 cm³/mol. The van der Waals surface area contributed by atoms with E-state index in [9.17, 15) is 13.2 Å². The number of pyridine rings is 1. The molecule has 0 spiro atoms. The first-order valence-electron chi connectivity index (χ1n) is 10.6. The van der Waals surface area contributed by atoms with Crippen LogP contribution in [0.15, 0.2) is 48.9 Å². The van der Waals surface area contributed by atoms with Gasteiger partial charge >= 0.3 is 6.18 Å². The van der Waals surface area contributed by atoms with Crippen LogP contribution in [0.5, 0.6) is 5.88 Å². The number of thiazole rings is 1. The third-order valence-corrected chi connectivity index (χ3v) is 6.99. The molecule has 0 N–H and O–H groups in total. The van der Waals surface area contributed by atoms with Gasteiger partial charge in [-0.05, 0) is 56.0 Å². The molecule has 0 amide bonds. The van der Waals surface area contributed by atoms with Gasteiger partial charge in [0.1, 0.15) is 16.4 Å². The lowest BCUT2D eigenvalue weighted by molar-refractivity contribution is -0.137. The Balaban J connectivity index is 1.48. The average Bonchev–Trinajstić information content (AvgIpc) is 3.44. The van der Waals surface area contributed by atoms with E-state index >= 15 is 0 Å². The molecule has 0 radical (unpaired) electrons. The first-order valence-corrected chi connectivity index (χ1v) is 11.4. The molecule has 1 aliphatic carbocycles. The second-order valence-electron chi connectivity index (χ2n) is 8.04. The van der Waals surface area contributed by atoms with Crippen molar-refractivity contribution in [1.82, 2.24) is 19.5 Å². The Morgan fingerprint density at radius 1 is 1.09 bits per heavy atom. The lowest BCUT2D eigenvalue weighted by Crippen LogP contribution is -2.11. The predicted octanol–water partition coefficient (Wildman–Crippen LogP) is 6.19. The number of hydrogen-bond acceptors (Lipinski definition) is 5. The Morgan fingerprint density at radius 3 is 2.55 bits per heavy atom. The molecular weight excluding hydrogens is 449 g/mol. The van der Waals surface area contributed by atoms with Gasteiger partial charge in [0.2, 0.25) is 5.88 Å². The number of alkyl halides is 3. The van der Waals surface area contributed by atoms with Crippen LogP contribution in [-0.4, -0.2) is 26.6 Å². The molecule has 9 heteroatoms. The van der Waals surface area contributed by atoms with Gasteiger partial charge in [-0.25, -0.2) is 15.0 Å². The van der Waals surface area contributed by atoms with Crippen LogP contribution in [0.25, 0.3) is 16.4 Å². The van der Waals surface area contributed by atoms with Crippen LogP contribution in [0.1, 0.15) is 46.2 Å². The summed E-state index contributed by atoms with van der Waals surface area (Å²) in [6, 6.07) is 9.29. The summed E-state index contributed by atoms with van der Waals surface area (Å²) >= 11 is 1.59. The Bertz CT molecular complexity index is 1290. The van der Waals surface area contributed by atoms with Crippen molar-refractivity contribution < 1.29 is 17.9 Å². The van der Waals surface area contributed by atoms with Crippen molar-refractivity contribution in [3.8, 4) is 22.3 Å². The number of nitrogens with zero attached hydrogens (tertiary/aromatic N) is 4. The van der Waals surface area contributed by atoms with Crippen molar-refractivity contribution in [3.05, 3.63) is 76.3 Å². The maximum Gasteiger partial charge on any atom is 0.416 e. The lowest BCUT2D eigenvalue weighted by Gasteiger charge is -2.22. The molecule has 4 aromatic rings. The second-order valence-corrected chi connectivity index (χ2v) is 9.12. The van der Waals surface area contributed by atoms with E-state index in [1.54, 1.807) is 36.9 Å². The summed E-state index contributed by atoms with van der Waals surface area (Å²) in [5, 5.41) is 0.783. The molecule has 33 heavy (non-hydrogen) atoms. The van der Waals surface area contributed by atoms with Crippen molar-refractivity contribution in [2.45, 2.75) is 38.3 Å². The van der Waals surface area contributed by atoms with E-state index < -0.39 is 11.7 Å². The van der Waals surface area contributed by atoms with Gasteiger partial charge in [-0.2, -0.15) is 13.2 Å². The number of aryl methyl sites for hydroxylation is 2. The zero-order chi connectivity index (χ0) is 23.2. The molecule has 0 bridgehead atoms. The monoisotopic (exact) mass is 470 g/mol. The first-order chi connectivity index (χ1) is 15.8. The van der Waals surface area contributed by atoms with E-state index in [1.807, 2.05) is 29.8 Å². The van der Waals surface area contributed by atoms with E-state index in [0.717, 1.165) is 63.9 Å². The summed E-state index contributed by atoms with van der Waals surface area (Å²) in [6.07, 6.45) is 2.01. The summed E-state index contributed by atoms with van der Waals surface area (Å²) < 4.78 is 46.3. The summed E-state index contributed by atoms with van der Waals surface area (Å²) in [5.74, 6) is 0.452. The molecule has 0 unspecified atom stereocenters. The van der Waals surface area contributed by atoms with Gasteiger partial charge in [0.25, 0.3) is 0 Å². The minimum Gasteiger partial charge on any atom is -0.479 e. The number of ether oxygens (including phenoxy) is 1. The fourth-order valence-electron chi connectivity index (χ4n) is 4.21. The second kappa shape index (κ2) is 8.30. The Kier molecular flexibility index (Phi) is 5.44. The molecule has 170 valence electrons. The molecule has 3 aromatic heterocycles. The normalized spacial score (nSPS) is 16.0. The largest absolute Gasteiger partial charge is 0.479 e. The maximum absolute atomic E-state index is 13.0. The van der Waals surface area contributed by atoms with Crippen LogP contribution in [0, 0.1) is 6.92 Å². The van der Waals surface area contributed by atoms with E-state index in [4.69, 9.17) is 9.72 Å². The molecule has 0 saturated heterocycles. The first kappa shape index (κ1) is 21.6. The van der Waals surface area contributed by atoms with E-state index in [2.05, 4.69) is 9.97 Å². The minimum absolute atomic E-state index is 0.0175. The highest BCUT2D eigenvalue weighted by molar-refractivity contribution is 7.15. The van der Waals surface area contributed by atoms with Crippen molar-refractivity contribution in [2.24, 2.45) is 0 Å². The van der Waals surface area contributed by atoms with Crippen molar-refractivity contribution in [3.63, 3.8) is 0 Å². The van der Waals surface area contributed by atoms with Gasteiger partial charge in [-0.1, -0.05) is 12.1 Å². The Labute approximate surface area is 192 Å². The number of fused-ring (bicyclic) bond motifs is 1. The van der Waals surface area contributed by atoms with Crippen LogP contribution >= 0.6 is 11.3 Å². The zero-order valence-corrected chi connectivity index (χ0v) is 18.9. The van der Waals surface area contributed by atoms with Crippen molar-refractivity contribution in [1.29, 1.82) is 0 Å². The quantitative estimate of drug-likeness (QED) is 0.357. The standard InChI is InChI=1S/C24H21F3N4OS/c1-14-12-31(13-28-14)19-11-10-18(29-22(19)32-2)23-30-21-17(4-3-5-20(21)33-23)15-6-8-16(9-7-15)24(25,26)27/h6-13,17H,3-5H2,1-2H3/t17-/m0/s1. The van der Waals surface area contributed by atoms with Crippen molar-refractivity contribution in [2.75, 3.05) is 7.11 Å². The summed E-state index contributed by atoms with van der Waals surface area (Å²) in [7, 11) is 1.58. The van der Waals surface area contributed by atoms with Crippen LogP contribution in [0.3, 0.4) is 0 Å². The van der Waals surface area contributed by atoms with Gasteiger partial charge in [-0.3, -0.25) is 0 Å². The fraction of sp³-hybridized carbons (Fsp3) is 0.292. The fourth-order valence-corrected chi connectivity index (χ4v) is 5.34. The van der Waals surface area contributed by atoms with Crippen LogP contribution in [0.4, 0.5) is 13.2 Å². The molecule has 5 rings (SSSR count). The highest BCUT2D eigenvalue weighted by Crippen LogP contribution is 2.42. The number of methoxy groups -OCH3 is 1. The van der Waals surface area contributed by atoms with Gasteiger partial charge in [-0.15, -0.1) is 11.3 Å². The van der Waals surface area contributed by atoms with Crippen LogP contribution in [0.2, 0.25) is 0 Å². The van der Waals surface area contributed by atoms with Gasteiger partial charge in [0.15, 0.2) is 0 Å². The van der Waals surface area contributed by atoms with Crippen LogP contribution < -0.4 is 4.74 Å². The van der Waals surface area contributed by atoms with E-state index in [0.29, 0.717) is 11.6 Å². The number of imidazole rings is 1. The molecule has 3 heterocycles. The van der Waals surface area contributed by atoms with E-state index in [1.165, 1.54) is 0 Å². The topological polar surface area (TPSA) is 52.8 Å².